The number of aromatic nitrogens is 4. The summed E-state index contributed by atoms with van der Waals surface area (Å²) in [6.07, 6.45) is 2.29. The van der Waals surface area contributed by atoms with Gasteiger partial charge in [-0.15, -0.1) is 5.10 Å². The highest BCUT2D eigenvalue weighted by molar-refractivity contribution is 7.92. The van der Waals surface area contributed by atoms with Gasteiger partial charge in [-0.3, -0.25) is 9.52 Å². The lowest BCUT2D eigenvalue weighted by Gasteiger charge is -2.15. The number of H-pyrrole nitrogens is 1. The minimum atomic E-state index is -4.05. The lowest BCUT2D eigenvalue weighted by molar-refractivity contribution is 0.273. The second kappa shape index (κ2) is 12.6. The third kappa shape index (κ3) is 6.64. The molecule has 0 aliphatic rings. The van der Waals surface area contributed by atoms with Crippen LogP contribution in [0.25, 0.3) is 16.9 Å². The molecule has 2 aromatic carbocycles. The van der Waals surface area contributed by atoms with E-state index in [-0.39, 0.29) is 16.3 Å². The van der Waals surface area contributed by atoms with Gasteiger partial charge in [-0.25, -0.2) is 17.9 Å². The number of aromatic amines is 1. The molecular formula is C29H37N5O6S. The molecule has 41 heavy (non-hydrogen) atoms. The van der Waals surface area contributed by atoms with Gasteiger partial charge in [0, 0.05) is 12.5 Å². The molecule has 4 aromatic rings. The summed E-state index contributed by atoms with van der Waals surface area (Å²) in [6.45, 7) is 10.6. The fourth-order valence-electron chi connectivity index (χ4n) is 4.36. The number of nitrogens with one attached hydrogen (secondary N) is 2. The summed E-state index contributed by atoms with van der Waals surface area (Å²) in [4.78, 5) is 20.3. The summed E-state index contributed by atoms with van der Waals surface area (Å²) in [7, 11) is -2.52. The van der Waals surface area contributed by atoms with Crippen LogP contribution in [0.1, 0.15) is 52.1 Å². The number of rotatable bonds is 13. The van der Waals surface area contributed by atoms with Crippen LogP contribution in [0.5, 0.6) is 17.2 Å². The predicted octanol–water partition coefficient (Wildman–Crippen LogP) is 4.98. The first kappa shape index (κ1) is 29.9. The van der Waals surface area contributed by atoms with Crippen LogP contribution in [0, 0.1) is 12.8 Å². The standard InChI is InChI=1S/C29H37N5O6S/c1-7-9-26-30-19(5)27-29(35)31-28(32-34(26)27)22-17-21(11-13-23(22)39-8-2)41(36,37)33-20-10-12-24(38-6)25(16-20)40-15-14-18(3)4/h10-13,16-18,33H,7-9,14-15H2,1-6H3,(H,31,32,35). The zero-order valence-corrected chi connectivity index (χ0v) is 25.1. The Morgan fingerprint density at radius 1 is 1.05 bits per heavy atom. The number of methoxy groups -OCH3 is 1. The average molecular weight is 584 g/mol. The van der Waals surface area contributed by atoms with E-state index in [0.717, 1.165) is 12.8 Å². The smallest absolute Gasteiger partial charge is 0.277 e. The molecule has 0 radical (unpaired) electrons. The van der Waals surface area contributed by atoms with Crippen LogP contribution < -0.4 is 24.5 Å². The van der Waals surface area contributed by atoms with Crippen LogP contribution in [0.3, 0.4) is 0 Å². The van der Waals surface area contributed by atoms with E-state index in [9.17, 15) is 13.2 Å². The van der Waals surface area contributed by atoms with Gasteiger partial charge in [0.25, 0.3) is 15.6 Å². The monoisotopic (exact) mass is 583 g/mol. The molecule has 2 N–H and O–H groups in total. The van der Waals surface area contributed by atoms with E-state index in [1.807, 2.05) is 13.8 Å². The van der Waals surface area contributed by atoms with Crippen LogP contribution >= 0.6 is 0 Å². The van der Waals surface area contributed by atoms with E-state index in [0.29, 0.717) is 71.1 Å². The SMILES string of the molecule is CCCc1nc(C)c2c(=O)[nH]c(-c3cc(S(=O)(=O)Nc4ccc(OC)c(OCCC(C)C)c4)ccc3OCC)nn12. The fraction of sp³-hybridized carbons (Fsp3) is 0.414. The molecule has 0 aliphatic carbocycles. The van der Waals surface area contributed by atoms with Crippen molar-refractivity contribution in [3.05, 3.63) is 58.3 Å². The Morgan fingerprint density at radius 2 is 1.80 bits per heavy atom. The van der Waals surface area contributed by atoms with Gasteiger partial charge in [-0.2, -0.15) is 0 Å². The van der Waals surface area contributed by atoms with Crippen LogP contribution in [0.2, 0.25) is 0 Å². The first-order valence-corrected chi connectivity index (χ1v) is 15.2. The lowest BCUT2D eigenvalue weighted by atomic mass is 10.1. The Kier molecular flexibility index (Phi) is 9.21. The highest BCUT2D eigenvalue weighted by atomic mass is 32.2. The highest BCUT2D eigenvalue weighted by Gasteiger charge is 2.22. The van der Waals surface area contributed by atoms with E-state index in [1.165, 1.54) is 23.8 Å². The quantitative estimate of drug-likeness (QED) is 0.225. The first-order chi connectivity index (χ1) is 19.6. The number of imidazole rings is 1. The Bertz CT molecular complexity index is 1690. The molecule has 4 rings (SSSR count). The number of ether oxygens (including phenoxy) is 3. The molecule has 2 aromatic heterocycles. The van der Waals surface area contributed by atoms with Crippen molar-refractivity contribution in [3.8, 4) is 28.6 Å². The molecule has 2 heterocycles. The number of hydrogen-bond acceptors (Lipinski definition) is 8. The van der Waals surface area contributed by atoms with Gasteiger partial charge < -0.3 is 19.2 Å². The third-order valence-electron chi connectivity index (χ3n) is 6.40. The summed E-state index contributed by atoms with van der Waals surface area (Å²) < 4.78 is 48.2. The Morgan fingerprint density at radius 3 is 2.49 bits per heavy atom. The summed E-state index contributed by atoms with van der Waals surface area (Å²) in [5.74, 6) is 2.60. The molecule has 0 saturated carbocycles. The number of hydrogen-bond donors (Lipinski definition) is 2. The van der Waals surface area contributed by atoms with E-state index in [1.54, 1.807) is 31.2 Å². The first-order valence-electron chi connectivity index (χ1n) is 13.7. The summed E-state index contributed by atoms with van der Waals surface area (Å²) in [5, 5.41) is 4.64. The van der Waals surface area contributed by atoms with Gasteiger partial charge in [-0.05, 0) is 62.9 Å². The van der Waals surface area contributed by atoms with Crippen LogP contribution in [0.4, 0.5) is 5.69 Å². The van der Waals surface area contributed by atoms with E-state index >= 15 is 0 Å². The summed E-state index contributed by atoms with van der Waals surface area (Å²) in [6, 6.07) is 9.28. The molecule has 11 nitrogen and oxygen atoms in total. The Hall–Kier alpha value is -4.06. The number of benzene rings is 2. The molecule has 0 atom stereocenters. The number of aryl methyl sites for hydroxylation is 2. The van der Waals surface area contributed by atoms with E-state index < -0.39 is 10.0 Å². The van der Waals surface area contributed by atoms with Crippen molar-refractivity contribution in [2.45, 2.75) is 58.8 Å². The Balaban J connectivity index is 1.73. The van der Waals surface area contributed by atoms with Crippen molar-refractivity contribution in [3.63, 3.8) is 0 Å². The van der Waals surface area contributed by atoms with E-state index in [4.69, 9.17) is 14.2 Å². The molecule has 12 heteroatoms. The maximum Gasteiger partial charge on any atom is 0.277 e. The highest BCUT2D eigenvalue weighted by Crippen LogP contribution is 2.34. The van der Waals surface area contributed by atoms with Crippen molar-refractivity contribution in [2.24, 2.45) is 5.92 Å². The molecule has 0 bridgehead atoms. The molecule has 220 valence electrons. The van der Waals surface area contributed by atoms with Gasteiger partial charge >= 0.3 is 0 Å². The van der Waals surface area contributed by atoms with E-state index in [2.05, 4.69) is 33.6 Å². The van der Waals surface area contributed by atoms with Gasteiger partial charge in [-0.1, -0.05) is 20.8 Å². The molecule has 0 spiro atoms. The fourth-order valence-corrected chi connectivity index (χ4v) is 5.43. The van der Waals surface area contributed by atoms with Crippen molar-refractivity contribution in [1.29, 1.82) is 0 Å². The number of nitrogens with zero attached hydrogens (tertiary/aromatic N) is 3. The van der Waals surface area contributed by atoms with Crippen molar-refractivity contribution >= 4 is 21.2 Å². The molecule has 0 fully saturated rings. The number of anilines is 1. The van der Waals surface area contributed by atoms with Crippen LogP contribution in [-0.4, -0.2) is 48.3 Å². The van der Waals surface area contributed by atoms with Crippen molar-refractivity contribution in [1.82, 2.24) is 19.6 Å². The van der Waals surface area contributed by atoms with Crippen molar-refractivity contribution in [2.75, 3.05) is 25.0 Å². The second-order valence-electron chi connectivity index (χ2n) is 10.0. The second-order valence-corrected chi connectivity index (χ2v) is 11.7. The minimum absolute atomic E-state index is 0.0348. The molecule has 0 unspecified atom stereocenters. The van der Waals surface area contributed by atoms with Gasteiger partial charge in [0.15, 0.2) is 22.8 Å². The molecular weight excluding hydrogens is 546 g/mol. The molecule has 0 aliphatic heterocycles. The Labute approximate surface area is 239 Å². The maximum absolute atomic E-state index is 13.5. The van der Waals surface area contributed by atoms with Gasteiger partial charge in [0.2, 0.25) is 0 Å². The average Bonchev–Trinajstić information content (AvgIpc) is 3.24. The maximum atomic E-state index is 13.5. The largest absolute Gasteiger partial charge is 0.493 e. The number of fused-ring (bicyclic) bond motifs is 1. The predicted molar refractivity (Wildman–Crippen MR) is 158 cm³/mol. The molecule has 0 amide bonds. The van der Waals surface area contributed by atoms with Crippen LogP contribution in [-0.2, 0) is 16.4 Å². The minimum Gasteiger partial charge on any atom is -0.493 e. The lowest BCUT2D eigenvalue weighted by Crippen LogP contribution is -2.17. The van der Waals surface area contributed by atoms with Crippen LogP contribution in [0.15, 0.2) is 46.1 Å². The zero-order valence-electron chi connectivity index (χ0n) is 24.3. The van der Waals surface area contributed by atoms with Crippen molar-refractivity contribution < 1.29 is 22.6 Å². The number of sulfonamides is 1. The topological polar surface area (TPSA) is 137 Å². The molecule has 0 saturated heterocycles. The summed E-state index contributed by atoms with van der Waals surface area (Å²) >= 11 is 0. The third-order valence-corrected chi connectivity index (χ3v) is 7.78. The normalized spacial score (nSPS) is 11.7. The van der Waals surface area contributed by atoms with Gasteiger partial charge in [0.05, 0.1) is 42.2 Å². The zero-order chi connectivity index (χ0) is 29.7. The van der Waals surface area contributed by atoms with Gasteiger partial charge in [0.1, 0.15) is 11.6 Å². The summed E-state index contributed by atoms with van der Waals surface area (Å²) in [5.41, 5.74) is 1.19.